The zero-order valence-electron chi connectivity index (χ0n) is 21.6. The molecule has 11 heteroatoms. The van der Waals surface area contributed by atoms with Crippen molar-refractivity contribution in [2.24, 2.45) is 5.92 Å². The number of carbonyl (C=O) groups is 2. The first kappa shape index (κ1) is 29.1. The summed E-state index contributed by atoms with van der Waals surface area (Å²) < 4.78 is 18.3. The molecule has 4 atom stereocenters. The lowest BCUT2D eigenvalue weighted by atomic mass is 9.82. The van der Waals surface area contributed by atoms with E-state index in [0.717, 1.165) is 32.1 Å². The van der Waals surface area contributed by atoms with Gasteiger partial charge in [0.25, 0.3) is 0 Å². The average Bonchev–Trinajstić information content (AvgIpc) is 3.40. The van der Waals surface area contributed by atoms with Gasteiger partial charge in [0.2, 0.25) is 11.8 Å². The molecule has 2 amide bonds. The SMILES string of the molecule is COc1cc(CO)cc(I)c1O[C@H]1C=C(C(=O)NCCO)C[C@@H](N(C[C@@H]2CCCO2)C(=O)C2CCC2)[C@@H]1O. The second kappa shape index (κ2) is 13.4. The molecular formula is C27H37IN2O8. The average molecular weight is 645 g/mol. The number of ether oxygens (including phenoxy) is 3. The van der Waals surface area contributed by atoms with Crippen LogP contribution in [-0.4, -0.2) is 89.8 Å². The van der Waals surface area contributed by atoms with Crippen molar-refractivity contribution in [2.45, 2.75) is 69.5 Å². The molecule has 4 rings (SSSR count). The number of aliphatic hydroxyl groups excluding tert-OH is 3. The highest BCUT2D eigenvalue weighted by molar-refractivity contribution is 14.1. The van der Waals surface area contributed by atoms with Gasteiger partial charge < -0.3 is 39.7 Å². The molecule has 1 aliphatic heterocycles. The molecule has 0 unspecified atom stereocenters. The topological polar surface area (TPSA) is 138 Å². The third-order valence-corrected chi connectivity index (χ3v) is 8.30. The normalized spacial score (nSPS) is 25.3. The molecule has 2 fully saturated rings. The number of halogens is 1. The molecule has 1 aromatic rings. The number of hydrogen-bond acceptors (Lipinski definition) is 8. The monoisotopic (exact) mass is 644 g/mol. The molecular weight excluding hydrogens is 607 g/mol. The van der Waals surface area contributed by atoms with Crippen LogP contribution < -0.4 is 14.8 Å². The number of carbonyl (C=O) groups excluding carboxylic acids is 2. The molecule has 10 nitrogen and oxygen atoms in total. The zero-order chi connectivity index (χ0) is 27.2. The Morgan fingerprint density at radius 1 is 1.21 bits per heavy atom. The van der Waals surface area contributed by atoms with Crippen LogP contribution in [0.15, 0.2) is 23.8 Å². The van der Waals surface area contributed by atoms with Gasteiger partial charge in [0.1, 0.15) is 12.2 Å². The van der Waals surface area contributed by atoms with E-state index >= 15 is 0 Å². The maximum absolute atomic E-state index is 13.6. The maximum Gasteiger partial charge on any atom is 0.247 e. The first-order chi connectivity index (χ1) is 18.4. The van der Waals surface area contributed by atoms with Crippen molar-refractivity contribution in [3.05, 3.63) is 32.9 Å². The highest BCUT2D eigenvalue weighted by Crippen LogP contribution is 2.38. The number of benzene rings is 1. The van der Waals surface area contributed by atoms with E-state index in [1.807, 2.05) is 0 Å². The lowest BCUT2D eigenvalue weighted by molar-refractivity contribution is -0.147. The summed E-state index contributed by atoms with van der Waals surface area (Å²) in [5.74, 6) is 0.266. The van der Waals surface area contributed by atoms with Crippen LogP contribution in [-0.2, 0) is 20.9 Å². The Balaban J connectivity index is 1.67. The molecule has 0 radical (unpaired) electrons. The largest absolute Gasteiger partial charge is 0.493 e. The Hall–Kier alpha value is -1.93. The van der Waals surface area contributed by atoms with Gasteiger partial charge in [0.15, 0.2) is 11.5 Å². The van der Waals surface area contributed by atoms with E-state index in [1.54, 1.807) is 23.1 Å². The smallest absolute Gasteiger partial charge is 0.247 e. The Bertz CT molecular complexity index is 1020. The predicted molar refractivity (Wildman–Crippen MR) is 147 cm³/mol. The van der Waals surface area contributed by atoms with Crippen molar-refractivity contribution < 1.29 is 39.1 Å². The van der Waals surface area contributed by atoms with Gasteiger partial charge in [0.05, 0.1) is 36.0 Å². The first-order valence-corrected chi connectivity index (χ1v) is 14.3. The molecule has 210 valence electrons. The van der Waals surface area contributed by atoms with Crippen molar-refractivity contribution >= 4 is 34.4 Å². The van der Waals surface area contributed by atoms with E-state index in [-0.39, 0.29) is 50.0 Å². The second-order valence-electron chi connectivity index (χ2n) is 10.0. The van der Waals surface area contributed by atoms with Crippen molar-refractivity contribution in [1.82, 2.24) is 10.2 Å². The molecule has 4 N–H and O–H groups in total. The van der Waals surface area contributed by atoms with Crippen LogP contribution in [0.25, 0.3) is 0 Å². The standard InChI is InChI=1S/C27H37IN2O8/c1-36-23-11-16(15-32)10-20(28)25(23)38-22-13-18(26(34)29-7-8-31)12-21(24(22)33)30(14-19-6-3-9-37-19)27(35)17-4-2-5-17/h10-11,13,17,19,21-22,24,31-33H,2-9,12,14-15H2,1H3,(H,29,34)/t19-,21+,22-,24-/m0/s1. The van der Waals surface area contributed by atoms with Gasteiger partial charge in [-0.15, -0.1) is 0 Å². The van der Waals surface area contributed by atoms with E-state index in [0.29, 0.717) is 39.4 Å². The molecule has 3 aliphatic rings. The van der Waals surface area contributed by atoms with E-state index in [1.165, 1.54) is 7.11 Å². The van der Waals surface area contributed by atoms with E-state index in [2.05, 4.69) is 27.9 Å². The fraction of sp³-hybridized carbons (Fsp3) is 0.630. The summed E-state index contributed by atoms with van der Waals surface area (Å²) in [6.45, 7) is 0.706. The summed E-state index contributed by atoms with van der Waals surface area (Å²) in [4.78, 5) is 28.3. The van der Waals surface area contributed by atoms with Crippen molar-refractivity contribution in [3.8, 4) is 11.5 Å². The minimum absolute atomic E-state index is 0.0222. The van der Waals surface area contributed by atoms with Gasteiger partial charge in [0, 0.05) is 37.6 Å². The van der Waals surface area contributed by atoms with E-state index in [9.17, 15) is 24.9 Å². The number of aliphatic hydroxyl groups is 3. The summed E-state index contributed by atoms with van der Waals surface area (Å²) in [7, 11) is 1.49. The molecule has 2 aliphatic carbocycles. The number of amides is 2. The fourth-order valence-electron chi connectivity index (χ4n) is 5.18. The van der Waals surface area contributed by atoms with Crippen molar-refractivity contribution in [3.63, 3.8) is 0 Å². The number of hydrogen-bond donors (Lipinski definition) is 4. The van der Waals surface area contributed by atoms with Crippen LogP contribution in [0.2, 0.25) is 0 Å². The Kier molecular flexibility index (Phi) is 10.3. The molecule has 38 heavy (non-hydrogen) atoms. The van der Waals surface area contributed by atoms with Crippen molar-refractivity contribution in [1.29, 1.82) is 0 Å². The number of nitrogens with zero attached hydrogens (tertiary/aromatic N) is 1. The highest BCUT2D eigenvalue weighted by Gasteiger charge is 2.44. The number of methoxy groups -OCH3 is 1. The van der Waals surface area contributed by atoms with Gasteiger partial charge in [-0.1, -0.05) is 6.42 Å². The first-order valence-electron chi connectivity index (χ1n) is 13.2. The number of rotatable bonds is 11. The summed E-state index contributed by atoms with van der Waals surface area (Å²) in [5.41, 5.74) is 1.02. The molecule has 0 bridgehead atoms. The van der Waals surface area contributed by atoms with Crippen LogP contribution in [0.1, 0.15) is 44.1 Å². The Morgan fingerprint density at radius 3 is 2.61 bits per heavy atom. The summed E-state index contributed by atoms with van der Waals surface area (Å²) in [6, 6.07) is 2.72. The summed E-state index contributed by atoms with van der Waals surface area (Å²) in [6.07, 6.45) is 3.94. The lowest BCUT2D eigenvalue weighted by Gasteiger charge is -2.43. The molecule has 0 spiro atoms. The van der Waals surface area contributed by atoms with Crippen LogP contribution in [0, 0.1) is 9.49 Å². The lowest BCUT2D eigenvalue weighted by Crippen LogP contribution is -2.58. The van der Waals surface area contributed by atoms with Gasteiger partial charge in [-0.05, 0) is 72.0 Å². The van der Waals surface area contributed by atoms with Crippen LogP contribution >= 0.6 is 22.6 Å². The summed E-state index contributed by atoms with van der Waals surface area (Å²) >= 11 is 2.08. The van der Waals surface area contributed by atoms with Crippen LogP contribution in [0.4, 0.5) is 0 Å². The van der Waals surface area contributed by atoms with Crippen LogP contribution in [0.5, 0.6) is 11.5 Å². The van der Waals surface area contributed by atoms with Crippen LogP contribution in [0.3, 0.4) is 0 Å². The fourth-order valence-corrected chi connectivity index (χ4v) is 5.97. The van der Waals surface area contributed by atoms with Crippen molar-refractivity contribution in [2.75, 3.05) is 33.4 Å². The van der Waals surface area contributed by atoms with E-state index < -0.39 is 18.2 Å². The Labute approximate surface area is 236 Å². The minimum atomic E-state index is -1.12. The molecule has 0 aromatic heterocycles. The second-order valence-corrected chi connectivity index (χ2v) is 11.2. The predicted octanol–water partition coefficient (Wildman–Crippen LogP) is 1.52. The molecule has 1 heterocycles. The highest BCUT2D eigenvalue weighted by atomic mass is 127. The Morgan fingerprint density at radius 2 is 2.00 bits per heavy atom. The maximum atomic E-state index is 13.6. The zero-order valence-corrected chi connectivity index (χ0v) is 23.8. The van der Waals surface area contributed by atoms with Gasteiger partial charge in [-0.3, -0.25) is 9.59 Å². The quantitative estimate of drug-likeness (QED) is 0.266. The molecule has 1 saturated carbocycles. The third-order valence-electron chi connectivity index (χ3n) is 7.50. The minimum Gasteiger partial charge on any atom is -0.493 e. The number of nitrogens with one attached hydrogen (secondary N) is 1. The molecule has 1 aromatic carbocycles. The van der Waals surface area contributed by atoms with Gasteiger partial charge in [-0.25, -0.2) is 0 Å². The summed E-state index contributed by atoms with van der Waals surface area (Å²) in [5, 5.41) is 33.1. The van der Waals surface area contributed by atoms with Gasteiger partial charge >= 0.3 is 0 Å². The van der Waals surface area contributed by atoms with Gasteiger partial charge in [-0.2, -0.15) is 0 Å². The third kappa shape index (κ3) is 6.61. The van der Waals surface area contributed by atoms with E-state index in [4.69, 9.17) is 14.2 Å². The molecule has 1 saturated heterocycles.